The van der Waals surface area contributed by atoms with Crippen molar-refractivity contribution in [3.05, 3.63) is 77.6 Å². The molecule has 4 rings (SSSR count). The van der Waals surface area contributed by atoms with Gasteiger partial charge in [-0.3, -0.25) is 9.97 Å². The highest BCUT2D eigenvalue weighted by molar-refractivity contribution is 7.80. The molecule has 2 N–H and O–H groups in total. The van der Waals surface area contributed by atoms with E-state index in [-0.39, 0.29) is 18.7 Å². The normalized spacial score (nSPS) is 19.1. The van der Waals surface area contributed by atoms with Gasteiger partial charge in [0.25, 0.3) is 0 Å². The number of aliphatic hydroxyl groups excluding tert-OH is 1. The quantitative estimate of drug-likeness (QED) is 0.650. The Balaban J connectivity index is 1.83. The molecule has 3 aromatic heterocycles. The standard InChI is InChI=1S/C21H23N5OS/c1-14-12-17(15(2)26(14)16-6-5-8-22-13-16)20-19(18-7-3-4-9-23-18)24-21(28)25(20)10-11-27/h3-9,12-13,19-20,27H,10-11H2,1-2H3,(H,24,28)/t19-,20+/m0/s1. The minimum absolute atomic E-state index is 0.0363. The molecule has 0 unspecified atom stereocenters. The highest BCUT2D eigenvalue weighted by Gasteiger charge is 2.41. The number of nitrogens with one attached hydrogen (secondary N) is 1. The second kappa shape index (κ2) is 7.69. The Morgan fingerprint density at radius 2 is 2.04 bits per heavy atom. The first kappa shape index (κ1) is 18.6. The zero-order valence-electron chi connectivity index (χ0n) is 15.9. The number of hydrogen-bond donors (Lipinski definition) is 2. The smallest absolute Gasteiger partial charge is 0.170 e. The van der Waals surface area contributed by atoms with E-state index in [9.17, 15) is 5.11 Å². The van der Waals surface area contributed by atoms with Crippen LogP contribution in [0.4, 0.5) is 0 Å². The summed E-state index contributed by atoms with van der Waals surface area (Å²) >= 11 is 5.60. The van der Waals surface area contributed by atoms with Gasteiger partial charge in [0.1, 0.15) is 0 Å². The van der Waals surface area contributed by atoms with Crippen LogP contribution in [0.3, 0.4) is 0 Å². The van der Waals surface area contributed by atoms with Crippen LogP contribution in [0.25, 0.3) is 5.69 Å². The maximum Gasteiger partial charge on any atom is 0.170 e. The van der Waals surface area contributed by atoms with Gasteiger partial charge in [0.2, 0.25) is 0 Å². The van der Waals surface area contributed by atoms with Gasteiger partial charge >= 0.3 is 0 Å². The van der Waals surface area contributed by atoms with Crippen LogP contribution in [0.15, 0.2) is 55.0 Å². The molecule has 0 bridgehead atoms. The van der Waals surface area contributed by atoms with E-state index in [1.165, 1.54) is 0 Å². The Morgan fingerprint density at radius 1 is 1.18 bits per heavy atom. The fourth-order valence-corrected chi connectivity index (χ4v) is 4.39. The van der Waals surface area contributed by atoms with Crippen molar-refractivity contribution >= 4 is 17.3 Å². The van der Waals surface area contributed by atoms with Crippen LogP contribution in [-0.4, -0.2) is 42.8 Å². The van der Waals surface area contributed by atoms with Gasteiger partial charge in [-0.2, -0.15) is 0 Å². The topological polar surface area (TPSA) is 66.2 Å². The number of hydrogen-bond acceptors (Lipinski definition) is 4. The van der Waals surface area contributed by atoms with Crippen LogP contribution in [0.2, 0.25) is 0 Å². The largest absolute Gasteiger partial charge is 0.395 e. The summed E-state index contributed by atoms with van der Waals surface area (Å²) in [6.07, 6.45) is 5.44. The van der Waals surface area contributed by atoms with Crippen molar-refractivity contribution in [3.63, 3.8) is 0 Å². The van der Waals surface area contributed by atoms with Gasteiger partial charge in [-0.25, -0.2) is 0 Å². The van der Waals surface area contributed by atoms with Crippen molar-refractivity contribution in [2.24, 2.45) is 0 Å². The minimum atomic E-state index is -0.0805. The predicted octanol–water partition coefficient (Wildman–Crippen LogP) is 2.85. The summed E-state index contributed by atoms with van der Waals surface area (Å²) in [6.45, 7) is 4.71. The lowest BCUT2D eigenvalue weighted by atomic mass is 9.97. The van der Waals surface area contributed by atoms with E-state index in [4.69, 9.17) is 12.2 Å². The average Bonchev–Trinajstić information content (AvgIpc) is 3.19. The third-order valence-corrected chi connectivity index (χ3v) is 5.58. The van der Waals surface area contributed by atoms with Gasteiger partial charge in [0.15, 0.2) is 5.11 Å². The van der Waals surface area contributed by atoms with Gasteiger partial charge in [-0.1, -0.05) is 6.07 Å². The molecule has 0 radical (unpaired) electrons. The molecule has 1 saturated heterocycles. The number of thiocarbonyl (C=S) groups is 1. The van der Waals surface area contributed by atoms with Crippen molar-refractivity contribution in [1.82, 2.24) is 24.8 Å². The molecule has 0 saturated carbocycles. The predicted molar refractivity (Wildman–Crippen MR) is 112 cm³/mol. The van der Waals surface area contributed by atoms with Crippen LogP contribution in [-0.2, 0) is 0 Å². The number of rotatable bonds is 5. The highest BCUT2D eigenvalue weighted by Crippen LogP contribution is 2.41. The molecule has 2 atom stereocenters. The average molecular weight is 394 g/mol. The first-order valence-corrected chi connectivity index (χ1v) is 9.71. The Labute approximate surface area is 169 Å². The maximum absolute atomic E-state index is 9.61. The zero-order chi connectivity index (χ0) is 19.7. The van der Waals surface area contributed by atoms with Gasteiger partial charge in [0.05, 0.1) is 36.3 Å². The lowest BCUT2D eigenvalue weighted by Crippen LogP contribution is -2.32. The van der Waals surface area contributed by atoms with Crippen molar-refractivity contribution in [2.75, 3.05) is 13.2 Å². The van der Waals surface area contributed by atoms with E-state index >= 15 is 0 Å². The third kappa shape index (κ3) is 3.16. The molecule has 0 aliphatic carbocycles. The number of nitrogens with zero attached hydrogens (tertiary/aromatic N) is 4. The number of aromatic nitrogens is 3. The summed E-state index contributed by atoms with van der Waals surface area (Å²) in [5.74, 6) is 0. The molecule has 6 nitrogen and oxygen atoms in total. The molecule has 3 aromatic rings. The minimum Gasteiger partial charge on any atom is -0.395 e. The second-order valence-electron chi connectivity index (χ2n) is 6.92. The Hall–Kier alpha value is -2.77. The molecule has 0 spiro atoms. The van der Waals surface area contributed by atoms with E-state index in [1.54, 1.807) is 12.4 Å². The third-order valence-electron chi connectivity index (χ3n) is 5.23. The van der Waals surface area contributed by atoms with Crippen molar-refractivity contribution < 1.29 is 5.11 Å². The lowest BCUT2D eigenvalue weighted by molar-refractivity contribution is 0.223. The molecule has 28 heavy (non-hydrogen) atoms. The first-order chi connectivity index (χ1) is 13.6. The molecule has 1 aliphatic heterocycles. The van der Waals surface area contributed by atoms with Gasteiger partial charge in [-0.05, 0) is 62.0 Å². The second-order valence-corrected chi connectivity index (χ2v) is 7.30. The molecule has 0 amide bonds. The van der Waals surface area contributed by atoms with Gasteiger partial charge in [0, 0.05) is 30.3 Å². The summed E-state index contributed by atoms with van der Waals surface area (Å²) in [4.78, 5) is 10.9. The van der Waals surface area contributed by atoms with Gasteiger partial charge < -0.3 is 19.9 Å². The molecule has 7 heteroatoms. The summed E-state index contributed by atoms with van der Waals surface area (Å²) in [6, 6.07) is 12.0. The van der Waals surface area contributed by atoms with Crippen LogP contribution < -0.4 is 5.32 Å². The van der Waals surface area contributed by atoms with Crippen molar-refractivity contribution in [2.45, 2.75) is 25.9 Å². The highest BCUT2D eigenvalue weighted by atomic mass is 32.1. The van der Waals surface area contributed by atoms with Crippen LogP contribution >= 0.6 is 12.2 Å². The SMILES string of the molecule is Cc1cc([C@@H]2[C@H](c3ccccn3)NC(=S)N2CCO)c(C)n1-c1cccnc1. The van der Waals surface area contributed by atoms with E-state index in [1.807, 2.05) is 30.5 Å². The van der Waals surface area contributed by atoms with E-state index in [0.717, 1.165) is 28.3 Å². The molecule has 1 aliphatic rings. The Bertz CT molecular complexity index is 973. The number of pyridine rings is 2. The fourth-order valence-electron chi connectivity index (χ4n) is 4.06. The van der Waals surface area contributed by atoms with E-state index in [0.29, 0.717) is 11.7 Å². The zero-order valence-corrected chi connectivity index (χ0v) is 16.7. The molecule has 144 valence electrons. The van der Waals surface area contributed by atoms with E-state index < -0.39 is 0 Å². The molecule has 0 aromatic carbocycles. The fraction of sp³-hybridized carbons (Fsp3) is 0.286. The molecular weight excluding hydrogens is 370 g/mol. The van der Waals surface area contributed by atoms with Crippen molar-refractivity contribution in [3.8, 4) is 5.69 Å². The Morgan fingerprint density at radius 3 is 2.71 bits per heavy atom. The van der Waals surface area contributed by atoms with Gasteiger partial charge in [-0.15, -0.1) is 0 Å². The molecule has 4 heterocycles. The summed E-state index contributed by atoms with van der Waals surface area (Å²) < 4.78 is 2.20. The summed E-state index contributed by atoms with van der Waals surface area (Å²) in [7, 11) is 0. The Kier molecular flexibility index (Phi) is 5.11. The molecule has 1 fully saturated rings. The lowest BCUT2D eigenvalue weighted by Gasteiger charge is -2.27. The number of aliphatic hydroxyl groups is 1. The van der Waals surface area contributed by atoms with Crippen molar-refractivity contribution in [1.29, 1.82) is 0 Å². The first-order valence-electron chi connectivity index (χ1n) is 9.30. The maximum atomic E-state index is 9.61. The monoisotopic (exact) mass is 393 g/mol. The molecular formula is C21H23N5OS. The van der Waals surface area contributed by atoms with Crippen LogP contribution in [0.5, 0.6) is 0 Å². The van der Waals surface area contributed by atoms with Crippen LogP contribution in [0.1, 0.15) is 34.7 Å². The summed E-state index contributed by atoms with van der Waals surface area (Å²) in [5, 5.41) is 13.7. The van der Waals surface area contributed by atoms with E-state index in [2.05, 4.69) is 50.7 Å². The number of β-amino-alcohol motifs (C(OH)–C–C–N with tert-alkyl or cyclic N) is 1. The van der Waals surface area contributed by atoms with Crippen LogP contribution in [0, 0.1) is 13.8 Å². The number of aryl methyl sites for hydroxylation is 1. The summed E-state index contributed by atoms with van der Waals surface area (Å²) in [5.41, 5.74) is 5.38.